The molecule has 1 aliphatic heterocycles. The van der Waals surface area contributed by atoms with E-state index in [0.29, 0.717) is 5.57 Å². The highest BCUT2D eigenvalue weighted by molar-refractivity contribution is 6.20. The second-order valence-corrected chi connectivity index (χ2v) is 6.37. The Morgan fingerprint density at radius 1 is 0.958 bits per heavy atom. The maximum Gasteiger partial charge on any atom is 0.336 e. The summed E-state index contributed by atoms with van der Waals surface area (Å²) in [6.07, 6.45) is 5.55. The zero-order chi connectivity index (χ0) is 16.9. The Kier molecular flexibility index (Phi) is 4.99. The predicted octanol–water partition coefficient (Wildman–Crippen LogP) is 4.61. The van der Waals surface area contributed by atoms with Crippen LogP contribution in [0, 0.1) is 6.92 Å². The van der Waals surface area contributed by atoms with Crippen LogP contribution in [-0.2, 0) is 4.79 Å². The van der Waals surface area contributed by atoms with Crippen molar-refractivity contribution in [2.45, 2.75) is 26.2 Å². The highest BCUT2D eigenvalue weighted by atomic mass is 16.4. The fraction of sp³-hybridized carbons (Fsp3) is 0.286. The first-order valence-electron chi connectivity index (χ1n) is 8.50. The third-order valence-corrected chi connectivity index (χ3v) is 4.52. The smallest absolute Gasteiger partial charge is 0.336 e. The van der Waals surface area contributed by atoms with E-state index in [9.17, 15) is 9.90 Å². The van der Waals surface area contributed by atoms with Crippen molar-refractivity contribution >= 4 is 23.3 Å². The molecule has 24 heavy (non-hydrogen) atoms. The molecule has 2 aromatic carbocycles. The molecule has 0 aromatic heterocycles. The lowest BCUT2D eigenvalue weighted by Gasteiger charge is -2.28. The molecule has 0 saturated carbocycles. The first-order chi connectivity index (χ1) is 11.6. The Hall–Kier alpha value is -2.55. The van der Waals surface area contributed by atoms with Gasteiger partial charge >= 0.3 is 5.97 Å². The van der Waals surface area contributed by atoms with E-state index in [4.69, 9.17) is 0 Å². The molecule has 0 unspecified atom stereocenters. The minimum absolute atomic E-state index is 0.320. The van der Waals surface area contributed by atoms with Crippen LogP contribution in [0.4, 0.5) is 5.69 Å². The number of aliphatic carboxylic acids is 1. The van der Waals surface area contributed by atoms with Gasteiger partial charge in [-0.2, -0.15) is 0 Å². The van der Waals surface area contributed by atoms with Gasteiger partial charge < -0.3 is 10.0 Å². The van der Waals surface area contributed by atoms with Crippen molar-refractivity contribution in [3.8, 4) is 0 Å². The summed E-state index contributed by atoms with van der Waals surface area (Å²) in [6.45, 7) is 4.21. The lowest BCUT2D eigenvalue weighted by molar-refractivity contribution is -0.130. The van der Waals surface area contributed by atoms with Crippen LogP contribution in [0.5, 0.6) is 0 Å². The zero-order valence-electron chi connectivity index (χ0n) is 14.0. The van der Waals surface area contributed by atoms with Crippen LogP contribution in [0.15, 0.2) is 48.5 Å². The summed E-state index contributed by atoms with van der Waals surface area (Å²) >= 11 is 0. The van der Waals surface area contributed by atoms with Crippen LogP contribution in [0.3, 0.4) is 0 Å². The van der Waals surface area contributed by atoms with Crippen molar-refractivity contribution in [3.63, 3.8) is 0 Å². The molecule has 1 fully saturated rings. The SMILES string of the molecule is Cc1ccc(/C(=C/c2ccc(N3CCCCC3)cc2)C(=O)O)cc1. The number of benzene rings is 2. The molecule has 0 aliphatic carbocycles. The number of carboxylic acids is 1. The van der Waals surface area contributed by atoms with E-state index in [1.165, 1.54) is 24.9 Å². The van der Waals surface area contributed by atoms with Gasteiger partial charge in [-0.1, -0.05) is 42.0 Å². The number of hydrogen-bond donors (Lipinski definition) is 1. The van der Waals surface area contributed by atoms with E-state index < -0.39 is 5.97 Å². The molecule has 0 amide bonds. The van der Waals surface area contributed by atoms with Crippen LogP contribution in [-0.4, -0.2) is 24.2 Å². The van der Waals surface area contributed by atoms with Gasteiger partial charge in [0.05, 0.1) is 5.57 Å². The molecule has 0 spiro atoms. The van der Waals surface area contributed by atoms with Gasteiger partial charge in [0.15, 0.2) is 0 Å². The topological polar surface area (TPSA) is 40.5 Å². The number of carboxylic acid groups (broad SMARTS) is 1. The summed E-state index contributed by atoms with van der Waals surface area (Å²) in [7, 11) is 0. The fourth-order valence-corrected chi connectivity index (χ4v) is 3.10. The molecule has 1 aliphatic rings. The number of rotatable bonds is 4. The normalized spacial score (nSPS) is 15.4. The van der Waals surface area contributed by atoms with Gasteiger partial charge in [0.2, 0.25) is 0 Å². The molecule has 2 aromatic rings. The lowest BCUT2D eigenvalue weighted by atomic mass is 10.0. The molecule has 0 bridgehead atoms. The summed E-state index contributed by atoms with van der Waals surface area (Å²) in [5.41, 5.74) is 4.30. The van der Waals surface area contributed by atoms with Crippen LogP contribution in [0.25, 0.3) is 11.6 Å². The Balaban J connectivity index is 1.84. The highest BCUT2D eigenvalue weighted by Crippen LogP contribution is 2.23. The summed E-state index contributed by atoms with van der Waals surface area (Å²) in [6, 6.07) is 15.8. The van der Waals surface area contributed by atoms with E-state index in [-0.39, 0.29) is 0 Å². The highest BCUT2D eigenvalue weighted by Gasteiger charge is 2.12. The quantitative estimate of drug-likeness (QED) is 0.660. The average Bonchev–Trinajstić information content (AvgIpc) is 2.62. The minimum Gasteiger partial charge on any atom is -0.478 e. The largest absolute Gasteiger partial charge is 0.478 e. The third-order valence-electron chi connectivity index (χ3n) is 4.52. The summed E-state index contributed by atoms with van der Waals surface area (Å²) in [5, 5.41) is 9.54. The molecule has 3 nitrogen and oxygen atoms in total. The third kappa shape index (κ3) is 3.85. The molecule has 1 heterocycles. The van der Waals surface area contributed by atoms with Gasteiger partial charge in [0.1, 0.15) is 0 Å². The summed E-state index contributed by atoms with van der Waals surface area (Å²) in [5.74, 6) is -0.904. The van der Waals surface area contributed by atoms with E-state index in [1.54, 1.807) is 6.08 Å². The maximum absolute atomic E-state index is 11.6. The van der Waals surface area contributed by atoms with E-state index in [0.717, 1.165) is 29.8 Å². The Morgan fingerprint density at radius 3 is 2.17 bits per heavy atom. The maximum atomic E-state index is 11.6. The molecule has 0 radical (unpaired) electrons. The molecule has 3 heteroatoms. The number of piperidine rings is 1. The predicted molar refractivity (Wildman–Crippen MR) is 99.2 cm³/mol. The molecule has 1 saturated heterocycles. The van der Waals surface area contributed by atoms with Crippen molar-refractivity contribution < 1.29 is 9.90 Å². The fourth-order valence-electron chi connectivity index (χ4n) is 3.10. The van der Waals surface area contributed by atoms with Crippen LogP contribution in [0.2, 0.25) is 0 Å². The van der Waals surface area contributed by atoms with Gasteiger partial charge in [0, 0.05) is 18.8 Å². The Bertz CT molecular complexity index is 723. The van der Waals surface area contributed by atoms with Crippen LogP contribution >= 0.6 is 0 Å². The Morgan fingerprint density at radius 2 is 1.58 bits per heavy atom. The number of hydrogen-bond acceptors (Lipinski definition) is 2. The van der Waals surface area contributed by atoms with Gasteiger partial charge in [-0.25, -0.2) is 4.79 Å². The lowest BCUT2D eigenvalue weighted by Crippen LogP contribution is -2.29. The van der Waals surface area contributed by atoms with E-state index in [2.05, 4.69) is 17.0 Å². The molecule has 0 atom stereocenters. The van der Waals surface area contributed by atoms with Gasteiger partial charge in [-0.05, 0) is 55.5 Å². The van der Waals surface area contributed by atoms with Gasteiger partial charge in [-0.15, -0.1) is 0 Å². The summed E-state index contributed by atoms with van der Waals surface area (Å²) < 4.78 is 0. The monoisotopic (exact) mass is 321 g/mol. The number of nitrogens with zero attached hydrogens (tertiary/aromatic N) is 1. The minimum atomic E-state index is -0.904. The molecular weight excluding hydrogens is 298 g/mol. The van der Waals surface area contributed by atoms with Gasteiger partial charge in [-0.3, -0.25) is 0 Å². The molecular formula is C21H23NO2. The standard InChI is InChI=1S/C21H23NO2/c1-16-5-9-18(10-6-16)20(21(23)24)15-17-7-11-19(12-8-17)22-13-3-2-4-14-22/h5-12,15H,2-4,13-14H2,1H3,(H,23,24)/b20-15-. The Labute approximate surface area is 143 Å². The van der Waals surface area contributed by atoms with Gasteiger partial charge in [0.25, 0.3) is 0 Å². The zero-order valence-corrected chi connectivity index (χ0v) is 14.0. The van der Waals surface area contributed by atoms with Crippen molar-refractivity contribution in [2.75, 3.05) is 18.0 Å². The number of aryl methyl sites for hydroxylation is 1. The molecule has 3 rings (SSSR count). The average molecular weight is 321 g/mol. The van der Waals surface area contributed by atoms with Crippen molar-refractivity contribution in [1.29, 1.82) is 0 Å². The van der Waals surface area contributed by atoms with E-state index in [1.807, 2.05) is 43.3 Å². The second kappa shape index (κ2) is 7.35. The second-order valence-electron chi connectivity index (χ2n) is 6.37. The molecule has 124 valence electrons. The van der Waals surface area contributed by atoms with Crippen molar-refractivity contribution in [2.24, 2.45) is 0 Å². The van der Waals surface area contributed by atoms with Crippen LogP contribution < -0.4 is 4.90 Å². The van der Waals surface area contributed by atoms with E-state index >= 15 is 0 Å². The first-order valence-corrected chi connectivity index (χ1v) is 8.50. The number of anilines is 1. The molecule has 1 N–H and O–H groups in total. The summed E-state index contributed by atoms with van der Waals surface area (Å²) in [4.78, 5) is 14.0. The van der Waals surface area contributed by atoms with Crippen molar-refractivity contribution in [1.82, 2.24) is 0 Å². The number of carbonyl (C=O) groups is 1. The first kappa shape index (κ1) is 16.3. The van der Waals surface area contributed by atoms with Crippen LogP contribution in [0.1, 0.15) is 36.0 Å². The van der Waals surface area contributed by atoms with Crippen molar-refractivity contribution in [3.05, 3.63) is 65.2 Å².